The zero-order valence-corrected chi connectivity index (χ0v) is 10.8. The second-order valence-electron chi connectivity index (χ2n) is 4.46. The molecule has 3 nitrogen and oxygen atoms in total. The molecule has 3 N–H and O–H groups in total. The Morgan fingerprint density at radius 1 is 1.41 bits per heavy atom. The number of amides is 1. The van der Waals surface area contributed by atoms with Crippen LogP contribution >= 0.6 is 11.8 Å². The first-order valence-corrected chi connectivity index (χ1v) is 6.81. The fourth-order valence-corrected chi connectivity index (χ4v) is 3.26. The zero-order valence-electron chi connectivity index (χ0n) is 9.98. The van der Waals surface area contributed by atoms with E-state index in [1.165, 1.54) is 10.5 Å². The van der Waals surface area contributed by atoms with Gasteiger partial charge in [-0.2, -0.15) is 0 Å². The molecule has 1 fully saturated rings. The van der Waals surface area contributed by atoms with Crippen LogP contribution in [0.3, 0.4) is 0 Å². The first-order valence-electron chi connectivity index (χ1n) is 5.93. The maximum atomic E-state index is 11.4. The van der Waals surface area contributed by atoms with Gasteiger partial charge in [-0.25, -0.2) is 0 Å². The van der Waals surface area contributed by atoms with Crippen molar-refractivity contribution < 1.29 is 4.79 Å². The molecular weight excluding hydrogens is 232 g/mol. The monoisotopic (exact) mass is 250 g/mol. The van der Waals surface area contributed by atoms with Crippen LogP contribution in [-0.2, 0) is 4.79 Å². The summed E-state index contributed by atoms with van der Waals surface area (Å²) in [5.41, 5.74) is 6.69. The molecule has 0 spiro atoms. The minimum absolute atomic E-state index is 0.0601. The minimum atomic E-state index is -0.193. The molecule has 0 saturated carbocycles. The van der Waals surface area contributed by atoms with E-state index in [0.29, 0.717) is 0 Å². The van der Waals surface area contributed by atoms with Crippen LogP contribution in [-0.4, -0.2) is 17.8 Å². The van der Waals surface area contributed by atoms with E-state index in [4.69, 9.17) is 5.73 Å². The molecule has 1 saturated heterocycles. The van der Waals surface area contributed by atoms with Gasteiger partial charge in [-0.05, 0) is 38.4 Å². The van der Waals surface area contributed by atoms with Crippen LogP contribution in [0.1, 0.15) is 18.4 Å². The molecule has 1 aliphatic heterocycles. The van der Waals surface area contributed by atoms with Crippen LogP contribution in [0, 0.1) is 12.8 Å². The standard InChI is InChI=1S/C13H18N2OS/c1-9-4-6-10(7-5-9)17-13-11(12(14)16)3-2-8-15-13/h4-7,11,13,15H,2-3,8H2,1H3,(H2,14,16)/t11-,13?/m0/s1. The molecule has 0 aliphatic carbocycles. The summed E-state index contributed by atoms with van der Waals surface area (Å²) in [6.45, 7) is 3.03. The number of piperidine rings is 1. The smallest absolute Gasteiger partial charge is 0.222 e. The van der Waals surface area contributed by atoms with Crippen LogP contribution < -0.4 is 11.1 Å². The summed E-state index contributed by atoms with van der Waals surface area (Å²) in [4.78, 5) is 12.6. The van der Waals surface area contributed by atoms with E-state index in [9.17, 15) is 4.79 Å². The van der Waals surface area contributed by atoms with E-state index < -0.39 is 0 Å². The zero-order chi connectivity index (χ0) is 12.3. The number of nitrogens with two attached hydrogens (primary N) is 1. The number of carbonyl (C=O) groups is 1. The molecule has 17 heavy (non-hydrogen) atoms. The Labute approximate surface area is 106 Å². The van der Waals surface area contributed by atoms with Gasteiger partial charge in [0.05, 0.1) is 11.3 Å². The highest BCUT2D eigenvalue weighted by Gasteiger charge is 2.29. The van der Waals surface area contributed by atoms with E-state index in [0.717, 1.165) is 19.4 Å². The van der Waals surface area contributed by atoms with Crippen molar-refractivity contribution >= 4 is 17.7 Å². The molecule has 0 bridgehead atoms. The Balaban J connectivity index is 2.05. The summed E-state index contributed by atoms with van der Waals surface area (Å²) < 4.78 is 0. The molecule has 1 amide bonds. The van der Waals surface area contributed by atoms with Crippen molar-refractivity contribution in [3.63, 3.8) is 0 Å². The van der Waals surface area contributed by atoms with Gasteiger partial charge >= 0.3 is 0 Å². The number of nitrogens with one attached hydrogen (secondary N) is 1. The van der Waals surface area contributed by atoms with Crippen molar-refractivity contribution in [2.45, 2.75) is 30.0 Å². The second-order valence-corrected chi connectivity index (χ2v) is 5.67. The van der Waals surface area contributed by atoms with Gasteiger partial charge in [-0.15, -0.1) is 11.8 Å². The maximum absolute atomic E-state index is 11.4. The summed E-state index contributed by atoms with van der Waals surface area (Å²) in [7, 11) is 0. The highest BCUT2D eigenvalue weighted by atomic mass is 32.2. The third kappa shape index (κ3) is 3.23. The van der Waals surface area contributed by atoms with Gasteiger partial charge in [-0.1, -0.05) is 17.7 Å². The Hall–Kier alpha value is -1.00. The lowest BCUT2D eigenvalue weighted by Crippen LogP contribution is -2.44. The van der Waals surface area contributed by atoms with Gasteiger partial charge in [0, 0.05) is 4.90 Å². The molecular formula is C13H18N2OS. The molecule has 1 aromatic rings. The number of thioether (sulfide) groups is 1. The molecule has 1 aromatic carbocycles. The van der Waals surface area contributed by atoms with Gasteiger partial charge in [0.15, 0.2) is 0 Å². The Morgan fingerprint density at radius 2 is 2.12 bits per heavy atom. The molecule has 2 rings (SSSR count). The van der Waals surface area contributed by atoms with Gasteiger partial charge in [0.2, 0.25) is 5.91 Å². The molecule has 1 aliphatic rings. The minimum Gasteiger partial charge on any atom is -0.369 e. The largest absolute Gasteiger partial charge is 0.369 e. The van der Waals surface area contributed by atoms with Crippen LogP contribution in [0.4, 0.5) is 0 Å². The number of hydrogen-bond donors (Lipinski definition) is 2. The third-order valence-corrected chi connectivity index (χ3v) is 4.35. The van der Waals surface area contributed by atoms with Crippen molar-refractivity contribution in [1.82, 2.24) is 5.32 Å². The molecule has 2 atom stereocenters. The summed E-state index contributed by atoms with van der Waals surface area (Å²) in [5.74, 6) is -0.253. The average Bonchev–Trinajstić information content (AvgIpc) is 2.32. The van der Waals surface area contributed by atoms with Gasteiger partial charge in [0.25, 0.3) is 0 Å². The lowest BCUT2D eigenvalue weighted by atomic mass is 9.99. The fourth-order valence-electron chi connectivity index (χ4n) is 2.04. The predicted molar refractivity (Wildman–Crippen MR) is 70.7 cm³/mol. The van der Waals surface area contributed by atoms with E-state index in [-0.39, 0.29) is 17.2 Å². The Morgan fingerprint density at radius 3 is 2.76 bits per heavy atom. The number of aryl methyl sites for hydroxylation is 1. The summed E-state index contributed by atoms with van der Waals surface area (Å²) in [6.07, 6.45) is 1.92. The van der Waals surface area contributed by atoms with Crippen LogP contribution in [0.5, 0.6) is 0 Å². The summed E-state index contributed by atoms with van der Waals surface area (Å²) in [5, 5.41) is 3.49. The highest BCUT2D eigenvalue weighted by molar-refractivity contribution is 8.00. The van der Waals surface area contributed by atoms with Crippen molar-refractivity contribution in [2.75, 3.05) is 6.54 Å². The third-order valence-electron chi connectivity index (χ3n) is 3.05. The van der Waals surface area contributed by atoms with E-state index in [1.807, 2.05) is 0 Å². The quantitative estimate of drug-likeness (QED) is 0.861. The normalized spacial score (nSPS) is 24.5. The van der Waals surface area contributed by atoms with Crippen LogP contribution in [0.2, 0.25) is 0 Å². The number of benzene rings is 1. The molecule has 0 radical (unpaired) electrons. The van der Waals surface area contributed by atoms with Gasteiger partial charge in [-0.3, -0.25) is 4.79 Å². The van der Waals surface area contributed by atoms with Crippen LogP contribution in [0.15, 0.2) is 29.2 Å². The Bertz CT molecular complexity index is 391. The summed E-state index contributed by atoms with van der Waals surface area (Å²) >= 11 is 1.70. The van der Waals surface area contributed by atoms with E-state index >= 15 is 0 Å². The highest BCUT2D eigenvalue weighted by Crippen LogP contribution is 2.30. The molecule has 1 heterocycles. The molecule has 1 unspecified atom stereocenters. The van der Waals surface area contributed by atoms with E-state index in [1.54, 1.807) is 11.8 Å². The number of primary amides is 1. The van der Waals surface area contributed by atoms with Crippen LogP contribution in [0.25, 0.3) is 0 Å². The molecule has 92 valence electrons. The lowest BCUT2D eigenvalue weighted by molar-refractivity contribution is -0.122. The van der Waals surface area contributed by atoms with Crippen molar-refractivity contribution in [3.05, 3.63) is 29.8 Å². The van der Waals surface area contributed by atoms with Gasteiger partial charge in [0.1, 0.15) is 0 Å². The first kappa shape index (κ1) is 12.5. The van der Waals surface area contributed by atoms with Crippen molar-refractivity contribution in [2.24, 2.45) is 11.7 Å². The molecule has 4 heteroatoms. The first-order chi connectivity index (χ1) is 8.16. The fraction of sp³-hybridized carbons (Fsp3) is 0.462. The van der Waals surface area contributed by atoms with E-state index in [2.05, 4.69) is 36.5 Å². The number of rotatable bonds is 3. The van der Waals surface area contributed by atoms with Crippen molar-refractivity contribution in [1.29, 1.82) is 0 Å². The Kier molecular flexibility index (Phi) is 4.07. The number of carbonyl (C=O) groups excluding carboxylic acids is 1. The lowest BCUT2D eigenvalue weighted by Gasteiger charge is -2.29. The van der Waals surface area contributed by atoms with Crippen molar-refractivity contribution in [3.8, 4) is 0 Å². The second kappa shape index (κ2) is 5.56. The average molecular weight is 250 g/mol. The topological polar surface area (TPSA) is 55.1 Å². The maximum Gasteiger partial charge on any atom is 0.222 e. The van der Waals surface area contributed by atoms with Gasteiger partial charge < -0.3 is 11.1 Å². The molecule has 0 aromatic heterocycles. The summed E-state index contributed by atoms with van der Waals surface area (Å²) in [6, 6.07) is 8.36. The number of hydrogen-bond acceptors (Lipinski definition) is 3. The predicted octanol–water partition coefficient (Wildman–Crippen LogP) is 1.90. The SMILES string of the molecule is Cc1ccc(SC2NCCC[C@H]2C(N)=O)cc1.